The van der Waals surface area contributed by atoms with Crippen molar-refractivity contribution in [3.63, 3.8) is 0 Å². The molecule has 0 aliphatic carbocycles. The van der Waals surface area contributed by atoms with Crippen molar-refractivity contribution in [2.24, 2.45) is 0 Å². The summed E-state index contributed by atoms with van der Waals surface area (Å²) in [7, 11) is 0. The van der Waals surface area contributed by atoms with Crippen molar-refractivity contribution >= 4 is 44.3 Å². The first kappa shape index (κ1) is 11.7. The SMILES string of the molecule is O=C(c1cncnc1)c1cc(I)ccc1Br. The van der Waals surface area contributed by atoms with Gasteiger partial charge in [0.15, 0.2) is 5.78 Å². The van der Waals surface area contributed by atoms with Gasteiger partial charge < -0.3 is 0 Å². The molecule has 5 heteroatoms. The number of halogens is 2. The molecular weight excluding hydrogens is 383 g/mol. The van der Waals surface area contributed by atoms with Crippen LogP contribution in [0.15, 0.2) is 41.4 Å². The lowest BCUT2D eigenvalue weighted by atomic mass is 10.1. The normalized spacial score (nSPS) is 10.1. The van der Waals surface area contributed by atoms with E-state index in [1.807, 2.05) is 18.2 Å². The summed E-state index contributed by atoms with van der Waals surface area (Å²) < 4.78 is 1.79. The summed E-state index contributed by atoms with van der Waals surface area (Å²) in [6.45, 7) is 0. The number of rotatable bonds is 2. The average Bonchev–Trinajstić information content (AvgIpc) is 2.32. The fraction of sp³-hybridized carbons (Fsp3) is 0. The second-order valence-corrected chi connectivity index (χ2v) is 5.18. The highest BCUT2D eigenvalue weighted by Crippen LogP contribution is 2.21. The molecule has 80 valence electrons. The number of benzene rings is 1. The van der Waals surface area contributed by atoms with Crippen LogP contribution in [-0.2, 0) is 0 Å². The number of carbonyl (C=O) groups is 1. The number of ketones is 1. The van der Waals surface area contributed by atoms with Gasteiger partial charge in [0.25, 0.3) is 0 Å². The van der Waals surface area contributed by atoms with Crippen LogP contribution in [0.2, 0.25) is 0 Å². The number of hydrogen-bond acceptors (Lipinski definition) is 3. The first-order chi connectivity index (χ1) is 7.68. The molecule has 1 aromatic heterocycles. The number of carbonyl (C=O) groups excluding carboxylic acids is 1. The molecule has 0 unspecified atom stereocenters. The van der Waals surface area contributed by atoms with Crippen LogP contribution in [0.4, 0.5) is 0 Å². The molecule has 0 amide bonds. The average molecular weight is 389 g/mol. The van der Waals surface area contributed by atoms with Gasteiger partial charge in [0.1, 0.15) is 6.33 Å². The van der Waals surface area contributed by atoms with Gasteiger partial charge in [0.05, 0.1) is 5.56 Å². The van der Waals surface area contributed by atoms with Crippen LogP contribution in [0.3, 0.4) is 0 Å². The minimum absolute atomic E-state index is 0.0778. The van der Waals surface area contributed by atoms with Crippen LogP contribution in [0.25, 0.3) is 0 Å². The van der Waals surface area contributed by atoms with Crippen molar-refractivity contribution < 1.29 is 4.79 Å². The van der Waals surface area contributed by atoms with Crippen LogP contribution < -0.4 is 0 Å². The molecule has 0 aliphatic rings. The molecule has 1 aromatic carbocycles. The van der Waals surface area contributed by atoms with Crippen molar-refractivity contribution in [3.05, 3.63) is 56.1 Å². The van der Waals surface area contributed by atoms with E-state index in [1.54, 1.807) is 0 Å². The monoisotopic (exact) mass is 388 g/mol. The molecule has 1 heterocycles. The van der Waals surface area contributed by atoms with Crippen LogP contribution in [0.5, 0.6) is 0 Å². The summed E-state index contributed by atoms with van der Waals surface area (Å²) in [5.74, 6) is -0.0778. The Morgan fingerprint density at radius 2 is 1.94 bits per heavy atom. The number of aromatic nitrogens is 2. The molecule has 2 rings (SSSR count). The molecule has 0 fully saturated rings. The lowest BCUT2D eigenvalue weighted by Crippen LogP contribution is -2.03. The highest BCUT2D eigenvalue weighted by molar-refractivity contribution is 14.1. The van der Waals surface area contributed by atoms with E-state index >= 15 is 0 Å². The third kappa shape index (κ3) is 2.46. The Kier molecular flexibility index (Phi) is 3.65. The minimum Gasteiger partial charge on any atom is -0.288 e. The fourth-order valence-corrected chi connectivity index (χ4v) is 2.16. The highest BCUT2D eigenvalue weighted by Gasteiger charge is 2.13. The van der Waals surface area contributed by atoms with Gasteiger partial charge in [-0.25, -0.2) is 9.97 Å². The Labute approximate surface area is 115 Å². The second-order valence-electron chi connectivity index (χ2n) is 3.08. The van der Waals surface area contributed by atoms with Crippen molar-refractivity contribution in [1.29, 1.82) is 0 Å². The van der Waals surface area contributed by atoms with E-state index in [2.05, 4.69) is 48.5 Å². The van der Waals surface area contributed by atoms with Gasteiger partial charge in [-0.2, -0.15) is 0 Å². The Balaban J connectivity index is 2.46. The highest BCUT2D eigenvalue weighted by atomic mass is 127. The Morgan fingerprint density at radius 3 is 2.62 bits per heavy atom. The minimum atomic E-state index is -0.0778. The van der Waals surface area contributed by atoms with E-state index in [9.17, 15) is 4.79 Å². The van der Waals surface area contributed by atoms with E-state index in [4.69, 9.17) is 0 Å². The van der Waals surface area contributed by atoms with Gasteiger partial charge in [-0.05, 0) is 40.8 Å². The first-order valence-corrected chi connectivity index (χ1v) is 6.30. The largest absolute Gasteiger partial charge is 0.288 e. The van der Waals surface area contributed by atoms with E-state index < -0.39 is 0 Å². The summed E-state index contributed by atoms with van der Waals surface area (Å²) in [4.78, 5) is 19.8. The van der Waals surface area contributed by atoms with Crippen molar-refractivity contribution in [2.45, 2.75) is 0 Å². The standard InChI is InChI=1S/C11H6BrIN2O/c12-10-2-1-8(13)3-9(10)11(16)7-4-14-6-15-5-7/h1-6H. The zero-order valence-corrected chi connectivity index (χ0v) is 11.8. The van der Waals surface area contributed by atoms with Crippen LogP contribution in [0.1, 0.15) is 15.9 Å². The van der Waals surface area contributed by atoms with Gasteiger partial charge >= 0.3 is 0 Å². The summed E-state index contributed by atoms with van der Waals surface area (Å²) in [6.07, 6.45) is 4.43. The van der Waals surface area contributed by atoms with Crippen molar-refractivity contribution in [2.75, 3.05) is 0 Å². The number of hydrogen-bond donors (Lipinski definition) is 0. The molecule has 0 saturated heterocycles. The van der Waals surface area contributed by atoms with Gasteiger partial charge in [0.2, 0.25) is 0 Å². The molecular formula is C11H6BrIN2O. The third-order valence-corrected chi connectivity index (χ3v) is 3.36. The van der Waals surface area contributed by atoms with Gasteiger partial charge in [0, 0.05) is 26.0 Å². The quantitative estimate of drug-likeness (QED) is 0.586. The maximum Gasteiger partial charge on any atom is 0.197 e. The molecule has 0 spiro atoms. The lowest BCUT2D eigenvalue weighted by molar-refractivity contribution is 0.103. The van der Waals surface area contributed by atoms with E-state index in [-0.39, 0.29) is 5.78 Å². The molecule has 16 heavy (non-hydrogen) atoms. The maximum atomic E-state index is 12.1. The van der Waals surface area contributed by atoms with Gasteiger partial charge in [-0.1, -0.05) is 15.9 Å². The Hall–Kier alpha value is -0.820. The molecule has 0 aliphatic heterocycles. The topological polar surface area (TPSA) is 42.9 Å². The molecule has 0 N–H and O–H groups in total. The van der Waals surface area contributed by atoms with Crippen molar-refractivity contribution in [3.8, 4) is 0 Å². The maximum absolute atomic E-state index is 12.1. The molecule has 0 saturated carbocycles. The molecule has 0 atom stereocenters. The summed E-state index contributed by atoms with van der Waals surface area (Å²) in [5.41, 5.74) is 1.12. The van der Waals surface area contributed by atoms with Crippen molar-refractivity contribution in [1.82, 2.24) is 9.97 Å². The van der Waals surface area contributed by atoms with Crippen LogP contribution >= 0.6 is 38.5 Å². The zero-order valence-electron chi connectivity index (χ0n) is 8.02. The Morgan fingerprint density at radius 1 is 1.25 bits per heavy atom. The van der Waals surface area contributed by atoms with Gasteiger partial charge in [-0.15, -0.1) is 0 Å². The fourth-order valence-electron chi connectivity index (χ4n) is 1.24. The van der Waals surface area contributed by atoms with Gasteiger partial charge in [-0.3, -0.25) is 4.79 Å². The molecule has 2 aromatic rings. The van der Waals surface area contributed by atoms with E-state index in [0.29, 0.717) is 11.1 Å². The number of nitrogens with zero attached hydrogens (tertiary/aromatic N) is 2. The van der Waals surface area contributed by atoms with E-state index in [1.165, 1.54) is 18.7 Å². The third-order valence-electron chi connectivity index (χ3n) is 2.00. The smallest absolute Gasteiger partial charge is 0.197 e. The summed E-state index contributed by atoms with van der Waals surface area (Å²) >= 11 is 5.53. The summed E-state index contributed by atoms with van der Waals surface area (Å²) in [5, 5.41) is 0. The summed E-state index contributed by atoms with van der Waals surface area (Å²) in [6, 6.07) is 5.63. The van der Waals surface area contributed by atoms with E-state index in [0.717, 1.165) is 8.04 Å². The predicted octanol–water partition coefficient (Wildman–Crippen LogP) is 3.07. The predicted molar refractivity (Wildman–Crippen MR) is 72.3 cm³/mol. The molecule has 0 bridgehead atoms. The Bertz CT molecular complexity index is 531. The van der Waals surface area contributed by atoms with Crippen LogP contribution in [-0.4, -0.2) is 15.8 Å². The molecule has 3 nitrogen and oxygen atoms in total. The zero-order chi connectivity index (χ0) is 11.5. The lowest BCUT2D eigenvalue weighted by Gasteiger charge is -2.03. The second kappa shape index (κ2) is 5.01. The molecule has 0 radical (unpaired) electrons. The van der Waals surface area contributed by atoms with Crippen LogP contribution in [0, 0.1) is 3.57 Å². The first-order valence-electron chi connectivity index (χ1n) is 4.43.